The fourth-order valence-corrected chi connectivity index (χ4v) is 6.01. The summed E-state index contributed by atoms with van der Waals surface area (Å²) in [5.41, 5.74) is 4.59. The average Bonchev–Trinajstić information content (AvgIpc) is 3.33. The summed E-state index contributed by atoms with van der Waals surface area (Å²) in [5, 5.41) is 20.6. The zero-order chi connectivity index (χ0) is 20.1. The highest BCUT2D eigenvalue weighted by Gasteiger charge is 2.26. The largest absolute Gasteiger partial charge is 0.383 e. The first-order valence-corrected chi connectivity index (χ1v) is 11.8. The van der Waals surface area contributed by atoms with Crippen LogP contribution in [0, 0.1) is 0 Å². The molecule has 2 aromatic rings. The minimum atomic E-state index is -3.50. The van der Waals surface area contributed by atoms with Gasteiger partial charge in [-0.3, -0.25) is 0 Å². The number of aryl methyl sites for hydroxylation is 2. The van der Waals surface area contributed by atoms with Gasteiger partial charge < -0.3 is 10.4 Å². The number of carbonyl (C=O) groups excluding carboxylic acids is 1. The fourth-order valence-electron chi connectivity index (χ4n) is 3.94. The molecule has 0 spiro atoms. The van der Waals surface area contributed by atoms with Gasteiger partial charge in [-0.25, -0.2) is 19.1 Å². The van der Waals surface area contributed by atoms with Crippen molar-refractivity contribution in [1.29, 1.82) is 0 Å². The number of urea groups is 1. The van der Waals surface area contributed by atoms with Gasteiger partial charge in [0, 0.05) is 11.1 Å². The Kier molecular flexibility index (Phi) is 4.81. The molecule has 1 atom stereocenters. The Labute approximate surface area is 168 Å². The van der Waals surface area contributed by atoms with Gasteiger partial charge in [0.2, 0.25) is 0 Å². The number of anilines is 1. The minimum Gasteiger partial charge on any atom is -0.383 e. The second-order valence-corrected chi connectivity index (χ2v) is 10.5. The van der Waals surface area contributed by atoms with Crippen LogP contribution in [-0.2, 0) is 41.2 Å². The molecular weight excluding hydrogens is 396 g/mol. The molecule has 2 aliphatic rings. The zero-order valence-corrected chi connectivity index (χ0v) is 17.6. The number of benzene rings is 1. The number of aliphatic hydroxyl groups is 1. The van der Waals surface area contributed by atoms with Crippen LogP contribution in [-0.4, -0.2) is 20.3 Å². The van der Waals surface area contributed by atoms with Crippen molar-refractivity contribution in [2.75, 3.05) is 5.32 Å². The van der Waals surface area contributed by atoms with E-state index in [2.05, 4.69) is 20.7 Å². The molecule has 0 bridgehead atoms. The Morgan fingerprint density at radius 3 is 2.39 bits per heavy atom. The van der Waals surface area contributed by atoms with Crippen molar-refractivity contribution in [2.24, 2.45) is 9.50 Å². The van der Waals surface area contributed by atoms with Crippen molar-refractivity contribution in [3.63, 3.8) is 0 Å². The molecule has 2 aliphatic carbocycles. The first-order chi connectivity index (χ1) is 13.1. The maximum absolute atomic E-state index is 12.8. The van der Waals surface area contributed by atoms with Crippen LogP contribution in [0.3, 0.4) is 0 Å². The third-order valence-electron chi connectivity index (χ3n) is 5.23. The number of nitrogens with zero attached hydrogens (tertiary/aromatic N) is 2. The number of nitrogens with one attached hydrogen (secondary N) is 1. The summed E-state index contributed by atoms with van der Waals surface area (Å²) in [7, 11) is -3.50. The molecule has 150 valence electrons. The van der Waals surface area contributed by atoms with E-state index in [4.69, 9.17) is 5.14 Å². The lowest BCUT2D eigenvalue weighted by Crippen LogP contribution is -2.20. The normalized spacial score (nSPS) is 17.7. The topological polar surface area (TPSA) is 118 Å². The van der Waals surface area contributed by atoms with Gasteiger partial charge in [0.05, 0.1) is 0 Å². The second-order valence-electron chi connectivity index (χ2n) is 7.87. The lowest BCUT2D eigenvalue weighted by atomic mass is 9.99. The highest BCUT2D eigenvalue weighted by atomic mass is 32.2. The minimum absolute atomic E-state index is 0.00768. The van der Waals surface area contributed by atoms with E-state index >= 15 is 0 Å². The fraction of sp³-hybridized carbons (Fsp3) is 0.474. The third-order valence-corrected chi connectivity index (χ3v) is 7.78. The number of aromatic nitrogens is 1. The van der Waals surface area contributed by atoms with Crippen LogP contribution < -0.4 is 10.5 Å². The van der Waals surface area contributed by atoms with Gasteiger partial charge in [0.15, 0.2) is 14.9 Å². The number of hydrogen-bond donors (Lipinski definition) is 3. The van der Waals surface area contributed by atoms with Crippen molar-refractivity contribution in [2.45, 2.75) is 63.0 Å². The molecular formula is C19H24N4O3S2. The number of fused-ring (bicyclic) bond motifs is 2. The number of hydrogen-bond acceptors (Lipinski definition) is 5. The second kappa shape index (κ2) is 6.91. The Morgan fingerprint density at radius 1 is 1.25 bits per heavy atom. The van der Waals surface area contributed by atoms with Crippen molar-refractivity contribution in [1.82, 2.24) is 4.98 Å². The number of thiazole rings is 1. The zero-order valence-electron chi connectivity index (χ0n) is 15.9. The van der Waals surface area contributed by atoms with Gasteiger partial charge in [-0.05, 0) is 74.6 Å². The summed E-state index contributed by atoms with van der Waals surface area (Å²) in [4.78, 5) is 16.7. The third kappa shape index (κ3) is 3.59. The molecule has 0 fully saturated rings. The summed E-state index contributed by atoms with van der Waals surface area (Å²) in [5.74, 6) is 0. The van der Waals surface area contributed by atoms with Crippen LogP contribution in [0.25, 0.3) is 0 Å². The van der Waals surface area contributed by atoms with Gasteiger partial charge in [0.1, 0.15) is 10.6 Å². The summed E-state index contributed by atoms with van der Waals surface area (Å²) < 4.78 is 16.5. The van der Waals surface area contributed by atoms with Gasteiger partial charge in [-0.1, -0.05) is 6.07 Å². The number of nitrogens with two attached hydrogens (primary N) is 1. The summed E-state index contributed by atoms with van der Waals surface area (Å²) in [6.07, 6.45) is 6.05. The highest BCUT2D eigenvalue weighted by Crippen LogP contribution is 2.38. The number of rotatable bonds is 3. The van der Waals surface area contributed by atoms with Crippen molar-refractivity contribution >= 4 is 33.0 Å². The smallest absolute Gasteiger partial charge is 0.354 e. The summed E-state index contributed by atoms with van der Waals surface area (Å²) in [6.45, 7) is 3.16. The van der Waals surface area contributed by atoms with Crippen molar-refractivity contribution in [3.8, 4) is 0 Å². The Morgan fingerprint density at radius 2 is 1.86 bits per heavy atom. The predicted octanol–water partition coefficient (Wildman–Crippen LogP) is 3.28. The molecule has 4 N–H and O–H groups in total. The maximum atomic E-state index is 12.8. The molecule has 4 rings (SSSR count). The van der Waals surface area contributed by atoms with Crippen LogP contribution in [0.5, 0.6) is 0 Å². The lowest BCUT2D eigenvalue weighted by Gasteiger charge is -2.15. The van der Waals surface area contributed by atoms with E-state index in [0.29, 0.717) is 5.01 Å². The van der Waals surface area contributed by atoms with E-state index < -0.39 is 21.5 Å². The lowest BCUT2D eigenvalue weighted by molar-refractivity contribution is 0.0778. The van der Waals surface area contributed by atoms with Gasteiger partial charge in [-0.2, -0.15) is 0 Å². The van der Waals surface area contributed by atoms with Crippen molar-refractivity contribution < 1.29 is 14.1 Å². The van der Waals surface area contributed by atoms with Crippen LogP contribution >= 0.6 is 11.3 Å². The van der Waals surface area contributed by atoms with Crippen LogP contribution in [0.2, 0.25) is 0 Å². The molecule has 0 saturated heterocycles. The maximum Gasteiger partial charge on any atom is 0.354 e. The standard InChI is InChI=1S/C19H24N4O3S2/c1-19(2,25)17-21-15(10-27-17)28(20,26)23-18(24)22-16-13-7-3-5-11(13)9-12-6-4-8-14(12)16/h9-10,25H,3-8H2,1-2H3,(H3,20,22,23,24,26)/t28-/m1/s1. The van der Waals surface area contributed by atoms with Crippen LogP contribution in [0.15, 0.2) is 20.8 Å². The molecule has 7 nitrogen and oxygen atoms in total. The molecule has 2 amide bonds. The van der Waals surface area contributed by atoms with E-state index in [1.807, 2.05) is 0 Å². The van der Waals surface area contributed by atoms with E-state index in [-0.39, 0.29) is 5.03 Å². The van der Waals surface area contributed by atoms with E-state index in [0.717, 1.165) is 55.5 Å². The van der Waals surface area contributed by atoms with E-state index in [1.165, 1.54) is 27.6 Å². The number of amides is 2. The van der Waals surface area contributed by atoms with Gasteiger partial charge in [0.25, 0.3) is 0 Å². The van der Waals surface area contributed by atoms with Gasteiger partial charge >= 0.3 is 6.03 Å². The van der Waals surface area contributed by atoms with Crippen LogP contribution in [0.4, 0.5) is 10.5 Å². The summed E-state index contributed by atoms with van der Waals surface area (Å²) in [6, 6.07) is 1.55. The Bertz CT molecular complexity index is 1040. The van der Waals surface area contributed by atoms with Crippen LogP contribution in [0.1, 0.15) is 54.0 Å². The molecule has 1 heterocycles. The number of carbonyl (C=O) groups is 1. The first-order valence-electron chi connectivity index (χ1n) is 9.36. The van der Waals surface area contributed by atoms with Crippen molar-refractivity contribution in [3.05, 3.63) is 38.7 Å². The summed E-state index contributed by atoms with van der Waals surface area (Å²) >= 11 is 1.14. The molecule has 0 aliphatic heterocycles. The molecule has 1 aromatic heterocycles. The molecule has 0 radical (unpaired) electrons. The highest BCUT2D eigenvalue weighted by molar-refractivity contribution is 7.91. The monoisotopic (exact) mass is 420 g/mol. The molecule has 0 unspecified atom stereocenters. The Hall–Kier alpha value is -1.81. The molecule has 0 saturated carbocycles. The first kappa shape index (κ1) is 19.5. The van der Waals surface area contributed by atoms with E-state index in [9.17, 15) is 14.1 Å². The Balaban J connectivity index is 1.65. The SMILES string of the molecule is CC(C)(O)c1nc([S@](N)(=O)=NC(=O)Nc2c3c(cc4c2CCC4)CCC3)cs1. The average molecular weight is 421 g/mol. The molecule has 28 heavy (non-hydrogen) atoms. The quantitative estimate of drug-likeness (QED) is 0.706. The van der Waals surface area contributed by atoms with E-state index in [1.54, 1.807) is 13.8 Å². The van der Waals surface area contributed by atoms with Gasteiger partial charge in [-0.15, -0.1) is 15.7 Å². The molecule has 1 aromatic carbocycles. The predicted molar refractivity (Wildman–Crippen MR) is 110 cm³/mol. The molecule has 9 heteroatoms.